The van der Waals surface area contributed by atoms with Gasteiger partial charge in [0.15, 0.2) is 0 Å². The summed E-state index contributed by atoms with van der Waals surface area (Å²) in [5.74, 6) is -0.839. The van der Waals surface area contributed by atoms with Crippen molar-refractivity contribution in [1.29, 1.82) is 0 Å². The van der Waals surface area contributed by atoms with Crippen LogP contribution in [0.3, 0.4) is 0 Å². The molecular weight excluding hydrogens is 218 g/mol. The Hall–Kier alpha value is -0.950. The van der Waals surface area contributed by atoms with Crippen molar-refractivity contribution in [3.8, 4) is 0 Å². The third kappa shape index (κ3) is 8.07. The molecule has 0 saturated heterocycles. The first-order chi connectivity index (χ1) is 7.07. The minimum Gasteiger partial charge on any atom is -0.348 e. The van der Waals surface area contributed by atoms with Gasteiger partial charge in [-0.25, -0.2) is 0 Å². The van der Waals surface area contributed by atoms with E-state index >= 15 is 0 Å². The Balaban J connectivity index is 3.55. The van der Waals surface area contributed by atoms with Gasteiger partial charge in [0.2, 0.25) is 0 Å². The van der Waals surface area contributed by atoms with E-state index in [0.29, 0.717) is 25.3 Å². The molecule has 15 heavy (non-hydrogen) atoms. The highest BCUT2D eigenvalue weighted by Gasteiger charge is 2.10. The van der Waals surface area contributed by atoms with Gasteiger partial charge in [-0.3, -0.25) is 13.8 Å². The zero-order chi connectivity index (χ0) is 11.7. The van der Waals surface area contributed by atoms with E-state index in [9.17, 15) is 13.8 Å². The maximum atomic E-state index is 11.1. The zero-order valence-corrected chi connectivity index (χ0v) is 9.56. The van der Waals surface area contributed by atoms with Gasteiger partial charge in [0, 0.05) is 42.4 Å². The van der Waals surface area contributed by atoms with Crippen molar-refractivity contribution in [2.24, 2.45) is 5.73 Å². The second-order valence-electron chi connectivity index (χ2n) is 2.93. The summed E-state index contributed by atoms with van der Waals surface area (Å²) in [7, 11) is -0.864. The molecule has 1 atom stereocenters. The third-order valence-corrected chi connectivity index (χ3v) is 2.39. The highest BCUT2D eigenvalue weighted by molar-refractivity contribution is 7.84. The van der Waals surface area contributed by atoms with Crippen molar-refractivity contribution in [2.45, 2.75) is 6.42 Å². The Morgan fingerprint density at radius 2 is 1.73 bits per heavy atom. The lowest BCUT2D eigenvalue weighted by Crippen LogP contribution is -2.42. The van der Waals surface area contributed by atoms with Gasteiger partial charge in [0.05, 0.1) is 0 Å². The summed E-state index contributed by atoms with van der Waals surface area (Å²) in [4.78, 5) is 22.0. The Kier molecular flexibility index (Phi) is 7.84. The van der Waals surface area contributed by atoms with Gasteiger partial charge in [-0.15, -0.1) is 0 Å². The fourth-order valence-corrected chi connectivity index (χ4v) is 1.37. The number of carbonyl (C=O) groups excluding carboxylic acids is 2. The summed E-state index contributed by atoms with van der Waals surface area (Å²) in [6, 6.07) is 0. The zero-order valence-electron chi connectivity index (χ0n) is 8.75. The smallest absolute Gasteiger partial charge is 0.309 e. The van der Waals surface area contributed by atoms with Crippen LogP contribution in [-0.4, -0.2) is 47.7 Å². The Morgan fingerprint density at radius 3 is 2.20 bits per heavy atom. The summed E-state index contributed by atoms with van der Waals surface area (Å²) in [6.45, 7) is 0.938. The molecule has 0 radical (unpaired) electrons. The minimum atomic E-state index is -0.864. The van der Waals surface area contributed by atoms with Gasteiger partial charge in [-0.1, -0.05) is 0 Å². The van der Waals surface area contributed by atoms with Crippen LogP contribution in [0, 0.1) is 0 Å². The molecule has 0 saturated carbocycles. The lowest BCUT2D eigenvalue weighted by Gasteiger charge is -2.04. The third-order valence-electron chi connectivity index (χ3n) is 1.53. The molecule has 0 fully saturated rings. The van der Waals surface area contributed by atoms with Crippen molar-refractivity contribution in [3.05, 3.63) is 0 Å². The predicted molar refractivity (Wildman–Crippen MR) is 58.6 cm³/mol. The SMILES string of the molecule is CS(=O)CCCNC(=O)C(=O)NCCN. The predicted octanol–water partition coefficient (Wildman–Crippen LogP) is -2.05. The van der Waals surface area contributed by atoms with E-state index in [1.807, 2.05) is 0 Å². The first kappa shape index (κ1) is 14.1. The lowest BCUT2D eigenvalue weighted by atomic mass is 10.4. The molecule has 0 bridgehead atoms. The molecule has 0 heterocycles. The fourth-order valence-electron chi connectivity index (χ4n) is 0.824. The topological polar surface area (TPSA) is 101 Å². The Bertz CT molecular complexity index is 245. The normalized spacial score (nSPS) is 11.9. The summed E-state index contributed by atoms with van der Waals surface area (Å²) in [5.41, 5.74) is 5.15. The van der Waals surface area contributed by atoms with Crippen molar-refractivity contribution in [1.82, 2.24) is 10.6 Å². The van der Waals surface area contributed by atoms with Crippen LogP contribution < -0.4 is 16.4 Å². The van der Waals surface area contributed by atoms with E-state index in [0.717, 1.165) is 0 Å². The molecule has 0 aromatic carbocycles. The molecule has 0 aliphatic heterocycles. The molecule has 0 aliphatic carbocycles. The van der Waals surface area contributed by atoms with Crippen molar-refractivity contribution >= 4 is 22.6 Å². The number of carbonyl (C=O) groups is 2. The Morgan fingerprint density at radius 1 is 1.20 bits per heavy atom. The molecule has 6 nitrogen and oxygen atoms in total. The van der Waals surface area contributed by atoms with E-state index in [2.05, 4.69) is 10.6 Å². The summed E-state index contributed by atoms with van der Waals surface area (Å²) in [6.07, 6.45) is 2.19. The molecule has 2 amide bonds. The van der Waals surface area contributed by atoms with Crippen LogP contribution in [0.4, 0.5) is 0 Å². The van der Waals surface area contributed by atoms with E-state index in [-0.39, 0.29) is 6.54 Å². The minimum absolute atomic E-state index is 0.283. The van der Waals surface area contributed by atoms with Gasteiger partial charge >= 0.3 is 11.8 Å². The van der Waals surface area contributed by atoms with Gasteiger partial charge in [-0.05, 0) is 6.42 Å². The number of hydrogen-bond acceptors (Lipinski definition) is 4. The van der Waals surface area contributed by atoms with Crippen molar-refractivity contribution in [2.75, 3.05) is 31.6 Å². The van der Waals surface area contributed by atoms with Crippen LogP contribution in [0.2, 0.25) is 0 Å². The number of hydrogen-bond donors (Lipinski definition) is 3. The maximum absolute atomic E-state index is 11.1. The molecule has 4 N–H and O–H groups in total. The maximum Gasteiger partial charge on any atom is 0.309 e. The average molecular weight is 235 g/mol. The van der Waals surface area contributed by atoms with E-state index in [4.69, 9.17) is 5.73 Å². The second-order valence-corrected chi connectivity index (χ2v) is 4.49. The van der Waals surface area contributed by atoms with E-state index < -0.39 is 22.6 Å². The van der Waals surface area contributed by atoms with Crippen LogP contribution in [0.5, 0.6) is 0 Å². The molecule has 0 spiro atoms. The quantitative estimate of drug-likeness (QED) is 0.364. The number of amides is 2. The van der Waals surface area contributed by atoms with Crippen LogP contribution in [0.15, 0.2) is 0 Å². The van der Waals surface area contributed by atoms with Gasteiger partial charge in [-0.2, -0.15) is 0 Å². The largest absolute Gasteiger partial charge is 0.348 e. The van der Waals surface area contributed by atoms with Crippen LogP contribution in [0.1, 0.15) is 6.42 Å². The monoisotopic (exact) mass is 235 g/mol. The summed E-state index contributed by atoms with van der Waals surface area (Å²) >= 11 is 0. The lowest BCUT2D eigenvalue weighted by molar-refractivity contribution is -0.139. The second kappa shape index (κ2) is 8.37. The van der Waals surface area contributed by atoms with Gasteiger partial charge in [0.25, 0.3) is 0 Å². The summed E-state index contributed by atoms with van der Waals surface area (Å²) in [5, 5.41) is 4.77. The average Bonchev–Trinajstić information content (AvgIpc) is 2.20. The number of nitrogens with one attached hydrogen (secondary N) is 2. The Labute approximate surface area is 91.4 Å². The standard InChI is InChI=1S/C8H17N3O3S/c1-15(14)6-2-4-10-7(12)8(13)11-5-3-9/h2-6,9H2,1H3,(H,10,12)(H,11,13). The summed E-state index contributed by atoms with van der Waals surface area (Å²) < 4.78 is 10.7. The number of rotatable bonds is 6. The van der Waals surface area contributed by atoms with Gasteiger partial charge in [0.1, 0.15) is 0 Å². The highest BCUT2D eigenvalue weighted by atomic mass is 32.2. The molecule has 7 heteroatoms. The van der Waals surface area contributed by atoms with Crippen LogP contribution in [0.25, 0.3) is 0 Å². The van der Waals surface area contributed by atoms with Crippen LogP contribution in [-0.2, 0) is 20.4 Å². The van der Waals surface area contributed by atoms with Crippen LogP contribution >= 0.6 is 0 Å². The first-order valence-electron chi connectivity index (χ1n) is 4.64. The van der Waals surface area contributed by atoms with Gasteiger partial charge < -0.3 is 16.4 Å². The first-order valence-corrected chi connectivity index (χ1v) is 6.36. The fraction of sp³-hybridized carbons (Fsp3) is 0.750. The number of nitrogens with two attached hydrogens (primary N) is 1. The molecule has 1 unspecified atom stereocenters. The molecule has 0 aromatic heterocycles. The molecule has 88 valence electrons. The van der Waals surface area contributed by atoms with E-state index in [1.54, 1.807) is 6.26 Å². The van der Waals surface area contributed by atoms with Crippen molar-refractivity contribution < 1.29 is 13.8 Å². The molecule has 0 aromatic rings. The highest BCUT2D eigenvalue weighted by Crippen LogP contribution is 1.81. The van der Waals surface area contributed by atoms with E-state index in [1.165, 1.54) is 0 Å². The molecule has 0 rings (SSSR count). The van der Waals surface area contributed by atoms with Crippen molar-refractivity contribution in [3.63, 3.8) is 0 Å². The molecule has 0 aliphatic rings. The molecular formula is C8H17N3O3S.